The first-order valence-corrected chi connectivity index (χ1v) is 28.0. The van der Waals surface area contributed by atoms with E-state index < -0.39 is 153 Å². The summed E-state index contributed by atoms with van der Waals surface area (Å²) >= 11 is 0. The molecule has 25 atom stereocenters. The smallest absolute Gasteiger partial charge is 0.338 e. The van der Waals surface area contributed by atoms with E-state index in [0.29, 0.717) is 12.2 Å². The Hall–Kier alpha value is -3.05. The van der Waals surface area contributed by atoms with Crippen LogP contribution in [-0.2, 0) is 120 Å². The summed E-state index contributed by atoms with van der Waals surface area (Å²) in [6.07, 6.45) is -23.2. The Bertz CT molecular complexity index is 2160. The summed E-state index contributed by atoms with van der Waals surface area (Å²) in [5.41, 5.74) is 1.32. The molecular weight excluding hydrogens is 1110 g/mol. The van der Waals surface area contributed by atoms with Gasteiger partial charge in [-0.1, -0.05) is 48.5 Å². The van der Waals surface area contributed by atoms with Gasteiger partial charge >= 0.3 is 5.97 Å². The molecule has 26 nitrogen and oxygen atoms in total. The fourth-order valence-electron chi connectivity index (χ4n) is 11.8. The average molecular weight is 1200 g/mol. The van der Waals surface area contributed by atoms with E-state index in [1.165, 1.54) is 71.1 Å². The van der Waals surface area contributed by atoms with Gasteiger partial charge < -0.3 is 119 Å². The maximum absolute atomic E-state index is 13.0. The van der Waals surface area contributed by atoms with E-state index in [1.54, 1.807) is 51.7 Å². The molecule has 0 spiro atoms. The summed E-state index contributed by atoms with van der Waals surface area (Å²) in [5.74, 6) is -0.610. The van der Waals surface area contributed by atoms with Gasteiger partial charge in [0.05, 0.1) is 44.7 Å². The van der Waals surface area contributed by atoms with Gasteiger partial charge in [0.2, 0.25) is 0 Å². The molecule has 2 aromatic rings. The molecule has 5 heterocycles. The second kappa shape index (κ2) is 34.1. The van der Waals surface area contributed by atoms with Crippen molar-refractivity contribution >= 4 is 5.97 Å². The van der Waals surface area contributed by atoms with Gasteiger partial charge in [0, 0.05) is 92.4 Å². The Morgan fingerprint density at radius 2 is 0.714 bits per heavy atom. The van der Waals surface area contributed by atoms with Crippen molar-refractivity contribution in [2.24, 2.45) is 0 Å². The minimum Gasteiger partial charge on any atom is -0.459 e. The first kappa shape index (κ1) is 68.4. The van der Waals surface area contributed by atoms with Crippen LogP contribution in [-0.4, -0.2) is 290 Å². The number of ether oxygens (including phenoxy) is 24. The number of esters is 1. The van der Waals surface area contributed by atoms with Crippen LogP contribution in [0, 0.1) is 0 Å². The van der Waals surface area contributed by atoms with Crippen LogP contribution in [0.4, 0.5) is 0 Å². The minimum atomic E-state index is -1.29. The van der Waals surface area contributed by atoms with Crippen LogP contribution < -0.4 is 0 Å². The van der Waals surface area contributed by atoms with Crippen molar-refractivity contribution in [3.63, 3.8) is 0 Å². The zero-order chi connectivity index (χ0) is 60.5. The maximum atomic E-state index is 13.0. The van der Waals surface area contributed by atoms with Crippen LogP contribution in [0.15, 0.2) is 60.7 Å². The van der Waals surface area contributed by atoms with E-state index in [1.807, 2.05) is 37.3 Å². The highest BCUT2D eigenvalue weighted by atomic mass is 16.8. The van der Waals surface area contributed by atoms with Gasteiger partial charge in [0.25, 0.3) is 0 Å². The molecule has 0 radical (unpaired) electrons. The van der Waals surface area contributed by atoms with Crippen LogP contribution in [0.5, 0.6) is 0 Å². The van der Waals surface area contributed by atoms with Gasteiger partial charge in [-0.15, -0.1) is 0 Å². The Balaban J connectivity index is 1.09. The van der Waals surface area contributed by atoms with Crippen molar-refractivity contribution < 1.29 is 124 Å². The molecule has 5 aliphatic rings. The molecule has 0 bridgehead atoms. The van der Waals surface area contributed by atoms with Crippen LogP contribution in [0.2, 0.25) is 0 Å². The molecule has 0 saturated carbocycles. The molecule has 478 valence electrons. The van der Waals surface area contributed by atoms with E-state index >= 15 is 0 Å². The Kier molecular flexibility index (Phi) is 27.8. The van der Waals surface area contributed by atoms with E-state index in [0.717, 1.165) is 5.56 Å². The summed E-state index contributed by atoms with van der Waals surface area (Å²) < 4.78 is 151. The van der Waals surface area contributed by atoms with Crippen LogP contribution in [0.1, 0.15) is 22.8 Å². The van der Waals surface area contributed by atoms with Crippen molar-refractivity contribution in [3.05, 3.63) is 71.8 Å². The Labute approximate surface area is 492 Å². The second-order valence-corrected chi connectivity index (χ2v) is 20.8. The highest BCUT2D eigenvalue weighted by Gasteiger charge is 2.59. The largest absolute Gasteiger partial charge is 0.459 e. The van der Waals surface area contributed by atoms with Gasteiger partial charge in [-0.25, -0.2) is 4.79 Å². The lowest BCUT2D eigenvalue weighted by Gasteiger charge is -2.52. The monoisotopic (exact) mass is 1200 g/mol. The number of aliphatic hydroxyl groups excluding tert-OH is 1. The number of benzene rings is 2. The van der Waals surface area contributed by atoms with Gasteiger partial charge in [-0.2, -0.15) is 0 Å². The normalized spacial score (nSPS) is 39.2. The lowest BCUT2D eigenvalue weighted by molar-refractivity contribution is -0.397. The molecule has 1 N–H and O–H groups in total. The molecule has 84 heavy (non-hydrogen) atoms. The quantitative estimate of drug-likeness (QED) is 0.105. The van der Waals surface area contributed by atoms with Crippen molar-refractivity contribution in [1.82, 2.24) is 0 Å². The molecule has 5 saturated heterocycles. The van der Waals surface area contributed by atoms with Crippen LogP contribution in [0.3, 0.4) is 0 Å². The third-order valence-corrected chi connectivity index (χ3v) is 15.9. The maximum Gasteiger partial charge on any atom is 0.338 e. The first-order valence-electron chi connectivity index (χ1n) is 28.0. The lowest BCUT2D eigenvalue weighted by Crippen LogP contribution is -2.69. The highest BCUT2D eigenvalue weighted by molar-refractivity contribution is 5.89. The van der Waals surface area contributed by atoms with Crippen molar-refractivity contribution in [1.29, 1.82) is 0 Å². The third-order valence-electron chi connectivity index (χ3n) is 15.9. The van der Waals surface area contributed by atoms with Gasteiger partial charge in [0.15, 0.2) is 25.2 Å². The number of carbonyl (C=O) groups is 1. The van der Waals surface area contributed by atoms with E-state index in [2.05, 4.69) is 0 Å². The number of rotatable bonds is 31. The fraction of sp³-hybridized carbons (Fsp3) is 0.776. The summed E-state index contributed by atoms with van der Waals surface area (Å²) in [6, 6.07) is 18.3. The van der Waals surface area contributed by atoms with E-state index in [-0.39, 0.29) is 39.1 Å². The summed E-state index contributed by atoms with van der Waals surface area (Å²) in [4.78, 5) is 13.0. The van der Waals surface area contributed by atoms with Crippen molar-refractivity contribution in [2.45, 2.75) is 167 Å². The van der Waals surface area contributed by atoms with E-state index in [9.17, 15) is 9.90 Å². The molecule has 0 amide bonds. The average Bonchev–Trinajstić information content (AvgIpc) is 3.53. The number of hydrogen-bond donors (Lipinski definition) is 1. The fourth-order valence-corrected chi connectivity index (χ4v) is 11.8. The molecule has 7 rings (SSSR count). The zero-order valence-electron chi connectivity index (χ0n) is 50.6. The van der Waals surface area contributed by atoms with Gasteiger partial charge in [-0.05, 0) is 24.6 Å². The molecule has 26 heteroatoms. The number of hydrogen-bond acceptors (Lipinski definition) is 26. The molecule has 0 aliphatic carbocycles. The molecular formula is C58H90O26. The summed E-state index contributed by atoms with van der Waals surface area (Å²) in [6.45, 7) is 2.05. The highest BCUT2D eigenvalue weighted by Crippen LogP contribution is 2.40. The van der Waals surface area contributed by atoms with Crippen LogP contribution in [0.25, 0.3) is 0 Å². The molecule has 10 unspecified atom stereocenters. The topological polar surface area (TPSA) is 259 Å². The van der Waals surface area contributed by atoms with Gasteiger partial charge in [-0.3, -0.25) is 0 Å². The first-order chi connectivity index (χ1) is 40.8. The SMILES string of the molecule is COCC1O[C@@H](O[C@H]2C(OC)C(OC)[C@@H](O[C@H]3C(OC)C(OC)[C@H](O[C@@H]4C(COCc5ccccc5)O[C@@H](C)C(OC)[C@H]4OC)O[C@H]3COC)O[C@H]2COC)C(OC)[C@@H](OC)[C@@H]1O[C@H]1OC(COC(=O)c2ccccc2)[C@@H](O)[C@H](OC)C1OC. The predicted octanol–water partition coefficient (Wildman–Crippen LogP) is 1.74. The minimum absolute atomic E-state index is 0.0203. The predicted molar refractivity (Wildman–Crippen MR) is 291 cm³/mol. The standard InChI is InChI=1S/C58H90O26/c1-31-40(64-5)46(66-7)44(38(76-31)29-74-25-32-21-17-15-18-22-32)84-58-53(73-14)49(69-10)43(37(80-58)28-63-4)83-57-52(72-13)48(68-9)42(36(79-57)27-62-3)82-56-51(71-12)47(67-8)41(35(78-56)26-61-2)81-55-50(70-11)45(65-6)39(59)34(77-55)30-75-54(60)33-23-19-16-20-24-33/h15-24,31,34-53,55-59H,25-30H2,1-14H3/t31-,34?,35?,36-,37-,38?,39+,40?,41+,42+,43+,44+,45-,46+,47-,48?,49?,50?,51?,52?,53?,55+,56-,57+,58-/m0/s1. The number of carbonyl (C=O) groups excluding carboxylic acids is 1. The van der Waals surface area contributed by atoms with Crippen molar-refractivity contribution in [3.8, 4) is 0 Å². The summed E-state index contributed by atoms with van der Waals surface area (Å²) in [5, 5.41) is 11.4. The third kappa shape index (κ3) is 16.0. The van der Waals surface area contributed by atoms with Crippen molar-refractivity contribution in [2.75, 3.05) is 125 Å². The molecule has 5 fully saturated rings. The Morgan fingerprint density at radius 1 is 0.381 bits per heavy atom. The zero-order valence-corrected chi connectivity index (χ0v) is 50.6. The van der Waals surface area contributed by atoms with E-state index in [4.69, 9.17) is 114 Å². The second-order valence-electron chi connectivity index (χ2n) is 20.8. The molecule has 2 aromatic carbocycles. The lowest BCUT2D eigenvalue weighted by atomic mass is 9.94. The number of methoxy groups -OCH3 is 13. The van der Waals surface area contributed by atoms with Gasteiger partial charge in [0.1, 0.15) is 129 Å². The summed E-state index contributed by atoms with van der Waals surface area (Å²) in [7, 11) is 19.6. The Morgan fingerprint density at radius 3 is 1.08 bits per heavy atom. The number of aliphatic hydroxyl groups is 1. The molecule has 0 aromatic heterocycles. The van der Waals surface area contributed by atoms with Crippen LogP contribution >= 0.6 is 0 Å². The molecule has 5 aliphatic heterocycles.